The molecule has 1 aromatic rings. The van der Waals surface area contributed by atoms with E-state index in [1.165, 1.54) is 12.1 Å². The highest BCUT2D eigenvalue weighted by molar-refractivity contribution is 5.55. The van der Waals surface area contributed by atoms with Gasteiger partial charge in [-0.05, 0) is 17.7 Å². The van der Waals surface area contributed by atoms with Crippen molar-refractivity contribution in [3.05, 3.63) is 29.8 Å². The number of carbonyl (C=O) groups is 1. The Hall–Kier alpha value is -1.45. The first kappa shape index (κ1) is 9.64. The topological polar surface area (TPSA) is 26.3 Å². The first-order chi connectivity index (χ1) is 6.22. The highest BCUT2D eigenvalue weighted by Crippen LogP contribution is 2.15. The maximum Gasteiger partial charge on any atom is 0.387 e. The Kier molecular flexibility index (Phi) is 3.37. The van der Waals surface area contributed by atoms with Crippen LogP contribution < -0.4 is 4.74 Å². The van der Waals surface area contributed by atoms with Crippen molar-refractivity contribution in [2.45, 2.75) is 13.0 Å². The van der Waals surface area contributed by atoms with Crippen LogP contribution in [0.1, 0.15) is 5.56 Å². The van der Waals surface area contributed by atoms with E-state index in [2.05, 4.69) is 4.74 Å². The van der Waals surface area contributed by atoms with Gasteiger partial charge < -0.3 is 9.53 Å². The average molecular weight is 186 g/mol. The lowest BCUT2D eigenvalue weighted by molar-refractivity contribution is -0.107. The molecule has 0 saturated carbocycles. The fraction of sp³-hybridized carbons (Fsp3) is 0.222. The van der Waals surface area contributed by atoms with Gasteiger partial charge in [-0.2, -0.15) is 8.78 Å². The summed E-state index contributed by atoms with van der Waals surface area (Å²) in [4.78, 5) is 10.1. The Morgan fingerprint density at radius 3 is 2.85 bits per heavy atom. The fourth-order valence-electron chi connectivity index (χ4n) is 0.945. The molecular formula is C9H8F2O2. The molecule has 0 saturated heterocycles. The molecule has 0 spiro atoms. The van der Waals surface area contributed by atoms with E-state index in [0.717, 1.165) is 0 Å². The van der Waals surface area contributed by atoms with Crippen LogP contribution in [0.5, 0.6) is 5.75 Å². The Bertz CT molecular complexity index is 287. The van der Waals surface area contributed by atoms with Gasteiger partial charge in [0.1, 0.15) is 12.0 Å². The highest BCUT2D eigenvalue weighted by Gasteiger charge is 2.03. The largest absolute Gasteiger partial charge is 0.435 e. The number of aldehydes is 1. The molecule has 0 aromatic heterocycles. The third kappa shape index (κ3) is 3.19. The molecule has 0 aliphatic carbocycles. The van der Waals surface area contributed by atoms with E-state index in [4.69, 9.17) is 0 Å². The number of rotatable bonds is 4. The molecule has 0 bridgehead atoms. The Morgan fingerprint density at radius 1 is 1.46 bits per heavy atom. The van der Waals surface area contributed by atoms with Gasteiger partial charge in [0.2, 0.25) is 0 Å². The summed E-state index contributed by atoms with van der Waals surface area (Å²) in [7, 11) is 0. The number of alkyl halides is 2. The molecule has 0 fully saturated rings. The standard InChI is InChI=1S/C9H8F2O2/c10-9(11)13-8-3-1-2-7(6-8)4-5-12/h1-3,5-6,9H,4H2. The summed E-state index contributed by atoms with van der Waals surface area (Å²) in [5, 5.41) is 0. The number of hydrogen-bond donors (Lipinski definition) is 0. The SMILES string of the molecule is O=CCc1cccc(OC(F)F)c1. The van der Waals surface area contributed by atoms with Gasteiger partial charge in [-0.25, -0.2) is 0 Å². The maximum atomic E-state index is 11.7. The van der Waals surface area contributed by atoms with Gasteiger partial charge in [0.25, 0.3) is 0 Å². The van der Waals surface area contributed by atoms with Crippen LogP contribution in [0.4, 0.5) is 8.78 Å². The average Bonchev–Trinajstić information content (AvgIpc) is 2.04. The van der Waals surface area contributed by atoms with Crippen LogP contribution in [0, 0.1) is 0 Å². The number of halogens is 2. The minimum atomic E-state index is -2.83. The molecule has 0 atom stereocenters. The van der Waals surface area contributed by atoms with Crippen molar-refractivity contribution in [2.75, 3.05) is 0 Å². The van der Waals surface area contributed by atoms with Crippen molar-refractivity contribution in [1.29, 1.82) is 0 Å². The van der Waals surface area contributed by atoms with Gasteiger partial charge in [0.15, 0.2) is 0 Å². The van der Waals surface area contributed by atoms with Gasteiger partial charge in [0, 0.05) is 6.42 Å². The van der Waals surface area contributed by atoms with Gasteiger partial charge in [-0.15, -0.1) is 0 Å². The van der Waals surface area contributed by atoms with Gasteiger partial charge in [0.05, 0.1) is 0 Å². The van der Waals surface area contributed by atoms with Crippen molar-refractivity contribution in [3.8, 4) is 5.75 Å². The van der Waals surface area contributed by atoms with Crippen molar-refractivity contribution in [3.63, 3.8) is 0 Å². The third-order valence-corrected chi connectivity index (χ3v) is 1.44. The number of carbonyl (C=O) groups excluding carboxylic acids is 1. The Morgan fingerprint density at radius 2 is 2.23 bits per heavy atom. The van der Waals surface area contributed by atoms with Gasteiger partial charge in [-0.3, -0.25) is 0 Å². The Labute approximate surface area is 74.1 Å². The van der Waals surface area contributed by atoms with E-state index < -0.39 is 6.61 Å². The molecule has 70 valence electrons. The van der Waals surface area contributed by atoms with Crippen LogP contribution in [-0.2, 0) is 11.2 Å². The zero-order valence-electron chi connectivity index (χ0n) is 6.74. The summed E-state index contributed by atoms with van der Waals surface area (Å²) < 4.78 is 27.6. The van der Waals surface area contributed by atoms with Crippen LogP contribution in [0.25, 0.3) is 0 Å². The molecule has 13 heavy (non-hydrogen) atoms. The molecular weight excluding hydrogens is 178 g/mol. The first-order valence-electron chi connectivity index (χ1n) is 3.70. The second-order valence-electron chi connectivity index (χ2n) is 2.40. The molecule has 0 unspecified atom stereocenters. The van der Waals surface area contributed by atoms with Crippen LogP contribution in [0.3, 0.4) is 0 Å². The lowest BCUT2D eigenvalue weighted by Gasteiger charge is -2.04. The van der Waals surface area contributed by atoms with Crippen LogP contribution >= 0.6 is 0 Å². The second-order valence-corrected chi connectivity index (χ2v) is 2.40. The fourth-order valence-corrected chi connectivity index (χ4v) is 0.945. The number of benzene rings is 1. The maximum absolute atomic E-state index is 11.7. The van der Waals surface area contributed by atoms with E-state index in [1.807, 2.05) is 0 Å². The molecule has 2 nitrogen and oxygen atoms in total. The predicted octanol–water partition coefficient (Wildman–Crippen LogP) is 2.03. The van der Waals surface area contributed by atoms with E-state index in [-0.39, 0.29) is 12.2 Å². The van der Waals surface area contributed by atoms with E-state index in [9.17, 15) is 13.6 Å². The molecule has 1 aromatic carbocycles. The molecule has 1 rings (SSSR count). The van der Waals surface area contributed by atoms with E-state index >= 15 is 0 Å². The molecule has 0 radical (unpaired) electrons. The Balaban J connectivity index is 2.72. The molecule has 0 amide bonds. The molecule has 0 N–H and O–H groups in total. The van der Waals surface area contributed by atoms with Gasteiger partial charge >= 0.3 is 6.61 Å². The molecule has 0 aliphatic rings. The zero-order valence-corrected chi connectivity index (χ0v) is 6.74. The number of hydrogen-bond acceptors (Lipinski definition) is 2. The van der Waals surface area contributed by atoms with Crippen molar-refractivity contribution in [1.82, 2.24) is 0 Å². The second kappa shape index (κ2) is 4.54. The normalized spacial score (nSPS) is 10.1. The highest BCUT2D eigenvalue weighted by atomic mass is 19.3. The van der Waals surface area contributed by atoms with Crippen LogP contribution in [0.2, 0.25) is 0 Å². The van der Waals surface area contributed by atoms with E-state index in [1.54, 1.807) is 12.1 Å². The quantitative estimate of drug-likeness (QED) is 0.672. The lowest BCUT2D eigenvalue weighted by atomic mass is 10.2. The summed E-state index contributed by atoms with van der Waals surface area (Å²) in [6.45, 7) is -2.83. The third-order valence-electron chi connectivity index (χ3n) is 1.44. The van der Waals surface area contributed by atoms with Crippen molar-refractivity contribution in [2.24, 2.45) is 0 Å². The summed E-state index contributed by atoms with van der Waals surface area (Å²) in [5.74, 6) is 0.0781. The number of ether oxygens (including phenoxy) is 1. The lowest BCUT2D eigenvalue weighted by Crippen LogP contribution is -2.02. The summed E-state index contributed by atoms with van der Waals surface area (Å²) in [5.41, 5.74) is 0.660. The monoisotopic (exact) mass is 186 g/mol. The smallest absolute Gasteiger partial charge is 0.387 e. The summed E-state index contributed by atoms with van der Waals surface area (Å²) in [6.07, 6.45) is 0.919. The van der Waals surface area contributed by atoms with Gasteiger partial charge in [-0.1, -0.05) is 12.1 Å². The zero-order chi connectivity index (χ0) is 9.68. The van der Waals surface area contributed by atoms with Crippen molar-refractivity contribution >= 4 is 6.29 Å². The predicted molar refractivity (Wildman–Crippen MR) is 42.8 cm³/mol. The van der Waals surface area contributed by atoms with E-state index in [0.29, 0.717) is 11.8 Å². The first-order valence-corrected chi connectivity index (χ1v) is 3.70. The molecule has 4 heteroatoms. The summed E-state index contributed by atoms with van der Waals surface area (Å²) in [6, 6.07) is 6.07. The minimum absolute atomic E-state index is 0.0781. The molecule has 0 aliphatic heterocycles. The van der Waals surface area contributed by atoms with Crippen molar-refractivity contribution < 1.29 is 18.3 Å². The van der Waals surface area contributed by atoms with Crippen LogP contribution in [0.15, 0.2) is 24.3 Å². The minimum Gasteiger partial charge on any atom is -0.435 e. The van der Waals surface area contributed by atoms with Crippen LogP contribution in [-0.4, -0.2) is 12.9 Å². The molecule has 0 heterocycles. The summed E-state index contributed by atoms with van der Waals surface area (Å²) >= 11 is 0.